The average Bonchev–Trinajstić information content (AvgIpc) is 2.83. The van der Waals surface area contributed by atoms with Gasteiger partial charge >= 0.3 is 5.69 Å². The fourth-order valence-corrected chi connectivity index (χ4v) is 5.50. The molecule has 1 N–H and O–H groups in total. The Labute approximate surface area is 212 Å². The Bertz CT molecular complexity index is 1450. The van der Waals surface area contributed by atoms with Gasteiger partial charge in [0.1, 0.15) is 24.0 Å². The molecule has 1 fully saturated rings. The molecule has 5 rings (SSSR count). The first-order chi connectivity index (χ1) is 17.1. The number of phenolic OH excluding ortho intramolecular Hbond substituents is 1. The Morgan fingerprint density at radius 3 is 2.67 bits per heavy atom. The zero-order valence-corrected chi connectivity index (χ0v) is 20.9. The third kappa shape index (κ3) is 3.61. The summed E-state index contributed by atoms with van der Waals surface area (Å²) < 4.78 is 22.5. The third-order valence-corrected chi connectivity index (χ3v) is 7.26. The van der Waals surface area contributed by atoms with Gasteiger partial charge in [-0.05, 0) is 45.0 Å². The van der Waals surface area contributed by atoms with Crippen molar-refractivity contribution in [2.75, 3.05) is 24.6 Å². The Balaban J connectivity index is 1.77. The van der Waals surface area contributed by atoms with Crippen LogP contribution >= 0.6 is 11.6 Å². The van der Waals surface area contributed by atoms with Crippen molar-refractivity contribution in [1.29, 1.82) is 0 Å². The predicted molar refractivity (Wildman–Crippen MR) is 136 cm³/mol. The van der Waals surface area contributed by atoms with Crippen LogP contribution in [0.5, 0.6) is 11.5 Å². The van der Waals surface area contributed by atoms with Gasteiger partial charge in [0.2, 0.25) is 5.91 Å². The lowest BCUT2D eigenvalue weighted by Crippen LogP contribution is -2.58. The van der Waals surface area contributed by atoms with Gasteiger partial charge in [-0.1, -0.05) is 24.2 Å². The summed E-state index contributed by atoms with van der Waals surface area (Å²) >= 11 is 6.72. The van der Waals surface area contributed by atoms with E-state index in [2.05, 4.69) is 11.6 Å². The first-order valence-electron chi connectivity index (χ1n) is 11.7. The number of hydrogen-bond donors (Lipinski definition) is 1. The van der Waals surface area contributed by atoms with E-state index in [9.17, 15) is 19.1 Å². The molecule has 0 spiro atoms. The van der Waals surface area contributed by atoms with Crippen molar-refractivity contribution < 1.29 is 19.0 Å². The molecule has 0 unspecified atom stereocenters. The van der Waals surface area contributed by atoms with E-state index in [1.807, 2.05) is 25.7 Å². The Morgan fingerprint density at radius 1 is 1.22 bits per heavy atom. The molecule has 1 amide bonds. The molecule has 0 bridgehead atoms. The van der Waals surface area contributed by atoms with Gasteiger partial charge in [0, 0.05) is 30.6 Å². The number of rotatable bonds is 3. The van der Waals surface area contributed by atoms with Crippen LogP contribution in [0.25, 0.3) is 22.0 Å². The minimum atomic E-state index is -0.664. The molecule has 3 atom stereocenters. The largest absolute Gasteiger partial charge is 0.507 e. The molecule has 188 valence electrons. The van der Waals surface area contributed by atoms with E-state index < -0.39 is 11.5 Å². The molecule has 1 saturated heterocycles. The average molecular weight is 513 g/mol. The number of hydrogen-bond acceptors (Lipinski definition) is 6. The van der Waals surface area contributed by atoms with Crippen LogP contribution in [0.1, 0.15) is 26.8 Å². The smallest absolute Gasteiger partial charge is 0.350 e. The summed E-state index contributed by atoms with van der Waals surface area (Å²) in [6.45, 7) is 10.3. The van der Waals surface area contributed by atoms with Crippen LogP contribution in [-0.2, 0) is 4.79 Å². The van der Waals surface area contributed by atoms with Crippen LogP contribution in [0.15, 0.2) is 41.7 Å². The maximum absolute atomic E-state index is 14.9. The van der Waals surface area contributed by atoms with Crippen LogP contribution in [0.4, 0.5) is 10.2 Å². The predicted octanol–water partition coefficient (Wildman–Crippen LogP) is 4.13. The summed E-state index contributed by atoms with van der Waals surface area (Å²) in [4.78, 5) is 33.8. The van der Waals surface area contributed by atoms with Crippen molar-refractivity contribution >= 4 is 34.2 Å². The summed E-state index contributed by atoms with van der Waals surface area (Å²) in [6, 6.07) is 5.00. The number of benzene rings is 2. The number of halogens is 2. The monoisotopic (exact) mass is 512 g/mol. The zero-order valence-electron chi connectivity index (χ0n) is 20.2. The van der Waals surface area contributed by atoms with Gasteiger partial charge in [-0.25, -0.2) is 9.18 Å². The van der Waals surface area contributed by atoms with E-state index in [4.69, 9.17) is 16.3 Å². The second-order valence-corrected chi connectivity index (χ2v) is 9.79. The van der Waals surface area contributed by atoms with Crippen LogP contribution < -0.4 is 15.3 Å². The number of anilines is 1. The van der Waals surface area contributed by atoms with Crippen molar-refractivity contribution in [3.63, 3.8) is 0 Å². The van der Waals surface area contributed by atoms with Crippen molar-refractivity contribution in [1.82, 2.24) is 14.5 Å². The van der Waals surface area contributed by atoms with Crippen LogP contribution in [0.3, 0.4) is 0 Å². The van der Waals surface area contributed by atoms with Crippen LogP contribution in [0.2, 0.25) is 5.02 Å². The van der Waals surface area contributed by atoms with E-state index in [0.29, 0.717) is 29.8 Å². The normalized spacial score (nSPS) is 21.4. The highest BCUT2D eigenvalue weighted by molar-refractivity contribution is 6.35. The summed E-state index contributed by atoms with van der Waals surface area (Å²) in [5, 5.41) is 11.2. The number of amides is 1. The molecule has 3 heterocycles. The zero-order chi connectivity index (χ0) is 25.9. The molecule has 10 heteroatoms. The van der Waals surface area contributed by atoms with E-state index >= 15 is 0 Å². The molecule has 1 aromatic heterocycles. The van der Waals surface area contributed by atoms with Gasteiger partial charge in [-0.3, -0.25) is 9.36 Å². The molecule has 2 aliphatic rings. The van der Waals surface area contributed by atoms with Crippen LogP contribution in [-0.4, -0.2) is 57.2 Å². The second-order valence-electron chi connectivity index (χ2n) is 9.39. The summed E-state index contributed by atoms with van der Waals surface area (Å²) in [7, 11) is 0. The highest BCUT2D eigenvalue weighted by atomic mass is 35.5. The van der Waals surface area contributed by atoms with Gasteiger partial charge in [-0.15, -0.1) is 0 Å². The molecule has 8 nitrogen and oxygen atoms in total. The Morgan fingerprint density at radius 2 is 1.97 bits per heavy atom. The van der Waals surface area contributed by atoms with Gasteiger partial charge in [0.05, 0.1) is 27.7 Å². The number of nitrogens with zero attached hydrogens (tertiary/aromatic N) is 4. The molecular weight excluding hydrogens is 487 g/mol. The van der Waals surface area contributed by atoms with E-state index in [1.165, 1.54) is 28.8 Å². The SMILES string of the molecule is C=CC(=O)N1C[C@H](C)N(c2nc(=O)n3c4c(c(-c5c(O)cccc5F)c(Cl)cc24)OC[C@H]3C)C[C@H]1C. The van der Waals surface area contributed by atoms with E-state index in [0.717, 1.165) is 0 Å². The van der Waals surface area contributed by atoms with Gasteiger partial charge in [-0.2, -0.15) is 4.98 Å². The molecule has 0 radical (unpaired) electrons. The minimum Gasteiger partial charge on any atom is -0.507 e. The maximum atomic E-state index is 14.9. The number of ether oxygens (including phenoxy) is 1. The molecular formula is C26H26ClFN4O4. The number of carbonyl (C=O) groups excluding carboxylic acids is 1. The standard InChI is InChI=1S/C26H26ClFN4O4/c1-5-20(34)30-10-14(3)31(11-13(30)2)25-16-9-17(27)21(22-18(28)7-6-8-19(22)33)24-23(16)32(26(35)29-25)15(4)12-36-24/h5-9,13-15,33H,1,10-12H2,2-4H3/t13-,14+,15-/m1/s1. The number of phenols is 1. The number of aromatic hydroxyl groups is 1. The summed E-state index contributed by atoms with van der Waals surface area (Å²) in [6.07, 6.45) is 1.30. The minimum absolute atomic E-state index is 0.0927. The first-order valence-corrected chi connectivity index (χ1v) is 12.1. The highest BCUT2D eigenvalue weighted by Crippen LogP contribution is 2.49. The molecule has 2 aromatic carbocycles. The fourth-order valence-electron chi connectivity index (χ4n) is 5.21. The third-order valence-electron chi connectivity index (χ3n) is 6.96. The van der Waals surface area contributed by atoms with Gasteiger partial charge < -0.3 is 19.6 Å². The van der Waals surface area contributed by atoms with Gasteiger partial charge in [0.15, 0.2) is 5.75 Å². The highest BCUT2D eigenvalue weighted by Gasteiger charge is 2.36. The summed E-state index contributed by atoms with van der Waals surface area (Å²) in [5.41, 5.74) is 0.0601. The van der Waals surface area contributed by atoms with E-state index in [1.54, 1.807) is 11.0 Å². The number of piperazine rings is 1. The lowest BCUT2D eigenvalue weighted by Gasteiger charge is -2.44. The Hall–Kier alpha value is -3.59. The van der Waals surface area contributed by atoms with Gasteiger partial charge in [0.25, 0.3) is 0 Å². The molecule has 36 heavy (non-hydrogen) atoms. The van der Waals surface area contributed by atoms with Crippen LogP contribution in [0, 0.1) is 5.82 Å². The van der Waals surface area contributed by atoms with Crippen molar-refractivity contribution in [2.24, 2.45) is 0 Å². The van der Waals surface area contributed by atoms with Crippen molar-refractivity contribution in [3.05, 3.63) is 58.2 Å². The number of aromatic nitrogens is 2. The lowest BCUT2D eigenvalue weighted by atomic mass is 9.98. The fraction of sp³-hybridized carbons (Fsp3) is 0.346. The second kappa shape index (κ2) is 8.81. The molecule has 3 aromatic rings. The Kier molecular flexibility index (Phi) is 5.90. The summed E-state index contributed by atoms with van der Waals surface area (Å²) in [5.74, 6) is -0.468. The molecule has 0 aliphatic carbocycles. The topological polar surface area (TPSA) is 87.9 Å². The lowest BCUT2D eigenvalue weighted by molar-refractivity contribution is -0.128. The first kappa shape index (κ1) is 24.1. The quantitative estimate of drug-likeness (QED) is 0.531. The number of carbonyl (C=O) groups is 1. The van der Waals surface area contributed by atoms with E-state index in [-0.39, 0.29) is 58.3 Å². The van der Waals surface area contributed by atoms with Crippen molar-refractivity contribution in [3.8, 4) is 22.6 Å². The molecule has 0 saturated carbocycles. The van der Waals surface area contributed by atoms with Crippen molar-refractivity contribution in [2.45, 2.75) is 38.9 Å². The maximum Gasteiger partial charge on any atom is 0.350 e. The molecule has 2 aliphatic heterocycles.